The number of rotatable bonds is 9. The third-order valence-electron chi connectivity index (χ3n) is 3.84. The van der Waals surface area contributed by atoms with Crippen molar-refractivity contribution >= 4 is 5.97 Å². The van der Waals surface area contributed by atoms with E-state index >= 15 is 0 Å². The largest absolute Gasteiger partial charge is 0.480 e. The van der Waals surface area contributed by atoms with Crippen LogP contribution in [-0.2, 0) is 4.79 Å². The summed E-state index contributed by atoms with van der Waals surface area (Å²) in [6.45, 7) is 7.21. The molecule has 1 saturated carbocycles. The van der Waals surface area contributed by atoms with E-state index in [1.165, 1.54) is 19.4 Å². The van der Waals surface area contributed by atoms with Crippen molar-refractivity contribution in [2.75, 3.05) is 26.7 Å². The van der Waals surface area contributed by atoms with Crippen LogP contribution in [0.25, 0.3) is 0 Å². The number of nitrogens with one attached hydrogen (secondary N) is 1. The molecule has 0 aromatic carbocycles. The number of carbonyl (C=O) groups is 1. The molecule has 0 bridgehead atoms. The second-order valence-electron chi connectivity index (χ2n) is 5.33. The molecule has 0 amide bonds. The van der Waals surface area contributed by atoms with E-state index < -0.39 is 11.5 Å². The Hall–Kier alpha value is -0.610. The van der Waals surface area contributed by atoms with Crippen molar-refractivity contribution in [1.82, 2.24) is 10.2 Å². The van der Waals surface area contributed by atoms with Crippen LogP contribution in [0.5, 0.6) is 0 Å². The van der Waals surface area contributed by atoms with Crippen LogP contribution in [0, 0.1) is 5.92 Å². The van der Waals surface area contributed by atoms with E-state index in [0.717, 1.165) is 25.4 Å². The third kappa shape index (κ3) is 4.64. The van der Waals surface area contributed by atoms with E-state index in [9.17, 15) is 4.79 Å². The predicted octanol–water partition coefficient (Wildman–Crippen LogP) is 1.56. The fourth-order valence-electron chi connectivity index (χ4n) is 2.04. The van der Waals surface area contributed by atoms with Crippen LogP contribution in [0.4, 0.5) is 0 Å². The summed E-state index contributed by atoms with van der Waals surface area (Å²) in [5, 5.41) is 12.0. The Kier molecular flexibility index (Phi) is 5.40. The van der Waals surface area contributed by atoms with Gasteiger partial charge in [-0.15, -0.1) is 0 Å². The molecular weight excluding hydrogens is 216 g/mol. The Morgan fingerprint density at radius 2 is 2.18 bits per heavy atom. The molecule has 0 aliphatic heterocycles. The zero-order valence-corrected chi connectivity index (χ0v) is 11.3. The van der Waals surface area contributed by atoms with E-state index in [1.807, 2.05) is 0 Å². The van der Waals surface area contributed by atoms with Crippen molar-refractivity contribution in [2.24, 2.45) is 5.92 Å². The van der Waals surface area contributed by atoms with Gasteiger partial charge in [-0.1, -0.05) is 6.92 Å². The molecule has 2 N–H and O–H groups in total. The summed E-state index contributed by atoms with van der Waals surface area (Å²) in [6.07, 6.45) is 4.36. The van der Waals surface area contributed by atoms with Gasteiger partial charge in [-0.25, -0.2) is 0 Å². The van der Waals surface area contributed by atoms with Crippen molar-refractivity contribution in [3.8, 4) is 0 Å². The zero-order chi connectivity index (χ0) is 12.9. The number of nitrogens with zero attached hydrogens (tertiary/aromatic N) is 1. The van der Waals surface area contributed by atoms with E-state index in [4.69, 9.17) is 5.11 Å². The number of carboxylic acid groups (broad SMARTS) is 1. The lowest BCUT2D eigenvalue weighted by Gasteiger charge is -2.26. The van der Waals surface area contributed by atoms with Crippen LogP contribution < -0.4 is 5.32 Å². The quantitative estimate of drug-likeness (QED) is 0.644. The van der Waals surface area contributed by atoms with Crippen LogP contribution in [0.1, 0.15) is 39.5 Å². The van der Waals surface area contributed by atoms with Gasteiger partial charge in [0.1, 0.15) is 5.54 Å². The molecule has 1 aliphatic rings. The lowest BCUT2D eigenvalue weighted by atomic mass is 9.96. The van der Waals surface area contributed by atoms with E-state index in [-0.39, 0.29) is 0 Å². The number of hydrogen-bond acceptors (Lipinski definition) is 3. The summed E-state index contributed by atoms with van der Waals surface area (Å²) in [5.41, 5.74) is -0.779. The first kappa shape index (κ1) is 14.5. The average molecular weight is 242 g/mol. The molecule has 0 aromatic rings. The molecule has 100 valence electrons. The number of aliphatic carboxylic acids is 1. The molecule has 1 atom stereocenters. The van der Waals surface area contributed by atoms with Crippen LogP contribution in [0.3, 0.4) is 0 Å². The lowest BCUT2D eigenvalue weighted by Crippen LogP contribution is -2.47. The second kappa shape index (κ2) is 6.36. The predicted molar refractivity (Wildman–Crippen MR) is 69.2 cm³/mol. The maximum Gasteiger partial charge on any atom is 0.323 e. The highest BCUT2D eigenvalue weighted by Crippen LogP contribution is 2.29. The lowest BCUT2D eigenvalue weighted by molar-refractivity contribution is -0.144. The van der Waals surface area contributed by atoms with Gasteiger partial charge in [-0.3, -0.25) is 4.79 Å². The minimum Gasteiger partial charge on any atom is -0.480 e. The van der Waals surface area contributed by atoms with Gasteiger partial charge in [0.25, 0.3) is 0 Å². The summed E-state index contributed by atoms with van der Waals surface area (Å²) < 4.78 is 0. The summed E-state index contributed by atoms with van der Waals surface area (Å²) in [6, 6.07) is 0. The summed E-state index contributed by atoms with van der Waals surface area (Å²) in [5.74, 6) is 0.148. The molecular formula is C13H26N2O2. The Morgan fingerprint density at radius 1 is 1.53 bits per heavy atom. The number of carboxylic acids is 1. The van der Waals surface area contributed by atoms with Crippen molar-refractivity contribution in [1.29, 1.82) is 0 Å². The van der Waals surface area contributed by atoms with Crippen LogP contribution in [0.15, 0.2) is 0 Å². The Balaban J connectivity index is 2.26. The van der Waals surface area contributed by atoms with Crippen LogP contribution in [-0.4, -0.2) is 48.2 Å². The summed E-state index contributed by atoms with van der Waals surface area (Å²) >= 11 is 0. The van der Waals surface area contributed by atoms with Crippen LogP contribution in [0.2, 0.25) is 0 Å². The molecule has 0 radical (unpaired) electrons. The van der Waals surface area contributed by atoms with Crippen molar-refractivity contribution < 1.29 is 9.90 Å². The van der Waals surface area contributed by atoms with Crippen molar-refractivity contribution in [3.63, 3.8) is 0 Å². The van der Waals surface area contributed by atoms with Gasteiger partial charge in [-0.05, 0) is 58.7 Å². The van der Waals surface area contributed by atoms with Gasteiger partial charge in [-0.2, -0.15) is 0 Å². The smallest absolute Gasteiger partial charge is 0.323 e. The highest BCUT2D eigenvalue weighted by atomic mass is 16.4. The molecule has 0 heterocycles. The monoisotopic (exact) mass is 242 g/mol. The Bertz CT molecular complexity index is 254. The highest BCUT2D eigenvalue weighted by Gasteiger charge is 2.30. The van der Waals surface area contributed by atoms with Crippen molar-refractivity contribution in [3.05, 3.63) is 0 Å². The van der Waals surface area contributed by atoms with Gasteiger partial charge >= 0.3 is 5.97 Å². The maximum absolute atomic E-state index is 11.1. The molecule has 1 unspecified atom stereocenters. The fourth-order valence-corrected chi connectivity index (χ4v) is 2.04. The minimum atomic E-state index is -0.779. The molecule has 0 spiro atoms. The van der Waals surface area contributed by atoms with Gasteiger partial charge in [0.15, 0.2) is 0 Å². The number of hydrogen-bond donors (Lipinski definition) is 2. The fraction of sp³-hybridized carbons (Fsp3) is 0.923. The van der Waals surface area contributed by atoms with Gasteiger partial charge < -0.3 is 15.3 Å². The standard InChI is InChI=1S/C13H26N2O2/c1-4-15(10-11-6-7-11)9-5-8-13(2,14-3)12(16)17/h11,14H,4-10H2,1-3H3,(H,16,17). The van der Waals surface area contributed by atoms with Gasteiger partial charge in [0.05, 0.1) is 0 Å². The molecule has 1 fully saturated rings. The van der Waals surface area contributed by atoms with E-state index in [2.05, 4.69) is 17.1 Å². The second-order valence-corrected chi connectivity index (χ2v) is 5.33. The average Bonchev–Trinajstić information content (AvgIpc) is 3.11. The minimum absolute atomic E-state index is 0.681. The first-order valence-electron chi connectivity index (χ1n) is 6.66. The van der Waals surface area contributed by atoms with Gasteiger partial charge in [0.2, 0.25) is 0 Å². The van der Waals surface area contributed by atoms with Crippen molar-refractivity contribution in [2.45, 2.75) is 45.1 Å². The van der Waals surface area contributed by atoms with Crippen LogP contribution >= 0.6 is 0 Å². The SMILES string of the molecule is CCN(CCCC(C)(NC)C(=O)O)CC1CC1. The summed E-state index contributed by atoms with van der Waals surface area (Å²) in [4.78, 5) is 13.5. The summed E-state index contributed by atoms with van der Waals surface area (Å²) in [7, 11) is 1.72. The Labute approximate surface area is 104 Å². The molecule has 17 heavy (non-hydrogen) atoms. The molecule has 1 rings (SSSR count). The van der Waals surface area contributed by atoms with E-state index in [1.54, 1.807) is 14.0 Å². The Morgan fingerprint density at radius 3 is 2.59 bits per heavy atom. The zero-order valence-electron chi connectivity index (χ0n) is 11.3. The van der Waals surface area contributed by atoms with E-state index in [0.29, 0.717) is 6.42 Å². The molecule has 1 aliphatic carbocycles. The number of likely N-dealkylation sites (N-methyl/N-ethyl adjacent to an activating group) is 1. The highest BCUT2D eigenvalue weighted by molar-refractivity contribution is 5.78. The normalized spacial score (nSPS) is 19.3. The first-order chi connectivity index (χ1) is 8.01. The first-order valence-corrected chi connectivity index (χ1v) is 6.66. The van der Waals surface area contributed by atoms with Gasteiger partial charge in [0, 0.05) is 6.54 Å². The molecule has 0 aromatic heterocycles. The molecule has 0 saturated heterocycles. The third-order valence-corrected chi connectivity index (χ3v) is 3.84. The topological polar surface area (TPSA) is 52.6 Å². The molecule has 4 nitrogen and oxygen atoms in total. The maximum atomic E-state index is 11.1. The molecule has 4 heteroatoms.